The minimum atomic E-state index is -3.49. The number of imidazole rings is 1. The molecule has 11 heteroatoms. The summed E-state index contributed by atoms with van der Waals surface area (Å²) in [4.78, 5) is 24.6. The quantitative estimate of drug-likeness (QED) is 0.293. The van der Waals surface area contributed by atoms with Crippen LogP contribution in [0, 0.1) is 0 Å². The van der Waals surface area contributed by atoms with Crippen LogP contribution in [0.15, 0.2) is 47.9 Å². The summed E-state index contributed by atoms with van der Waals surface area (Å²) >= 11 is 0. The Kier molecular flexibility index (Phi) is 7.53. The Morgan fingerprint density at radius 1 is 1.06 bits per heavy atom. The number of benzene rings is 1. The molecule has 0 amide bonds. The van der Waals surface area contributed by atoms with Crippen molar-refractivity contribution in [2.45, 2.75) is 43.5 Å². The molecule has 0 unspecified atom stereocenters. The molecule has 0 bridgehead atoms. The largest absolute Gasteiger partial charge is 0.462 e. The fourth-order valence-electron chi connectivity index (χ4n) is 3.86. The van der Waals surface area contributed by atoms with E-state index in [0.717, 1.165) is 25.7 Å². The second kappa shape index (κ2) is 10.7. The van der Waals surface area contributed by atoms with Gasteiger partial charge in [0.05, 0.1) is 17.8 Å². The molecule has 4 rings (SSSR count). The van der Waals surface area contributed by atoms with Crippen molar-refractivity contribution in [1.82, 2.24) is 23.8 Å². The third-order valence-electron chi connectivity index (χ3n) is 5.71. The van der Waals surface area contributed by atoms with Gasteiger partial charge in [-0.2, -0.15) is 4.31 Å². The Morgan fingerprint density at radius 2 is 1.79 bits per heavy atom. The van der Waals surface area contributed by atoms with Crippen LogP contribution in [0.4, 0.5) is 5.82 Å². The number of esters is 1. The van der Waals surface area contributed by atoms with Crippen LogP contribution in [-0.2, 0) is 26.1 Å². The zero-order valence-corrected chi connectivity index (χ0v) is 19.7. The number of hydrogen-bond acceptors (Lipinski definition) is 8. The Bertz CT molecular complexity index is 1260. The normalized spacial score (nSPS) is 15.5. The van der Waals surface area contributed by atoms with Gasteiger partial charge in [0.1, 0.15) is 11.8 Å². The summed E-state index contributed by atoms with van der Waals surface area (Å²) in [5.41, 5.74) is 7.68. The van der Waals surface area contributed by atoms with Gasteiger partial charge in [-0.1, -0.05) is 25.0 Å². The van der Waals surface area contributed by atoms with Gasteiger partial charge in [0, 0.05) is 25.7 Å². The molecule has 3 heterocycles. The van der Waals surface area contributed by atoms with E-state index < -0.39 is 16.0 Å². The molecule has 0 saturated carbocycles. The van der Waals surface area contributed by atoms with Crippen molar-refractivity contribution in [2.24, 2.45) is 0 Å². The molecule has 180 valence electrons. The molecule has 0 atom stereocenters. The van der Waals surface area contributed by atoms with E-state index in [1.807, 2.05) is 4.57 Å². The molecule has 1 aliphatic heterocycles. The molecule has 0 radical (unpaired) electrons. The Hall–Kier alpha value is -3.31. The number of carbonyl (C=O) groups excluding carboxylic acids is 1. The Balaban J connectivity index is 1.26. The van der Waals surface area contributed by atoms with Crippen LogP contribution in [0.1, 0.15) is 37.7 Å². The van der Waals surface area contributed by atoms with E-state index in [4.69, 9.17) is 10.5 Å². The number of rotatable bonds is 8. The van der Waals surface area contributed by atoms with Crippen LogP contribution < -0.4 is 5.73 Å². The van der Waals surface area contributed by atoms with Gasteiger partial charge in [0.2, 0.25) is 10.0 Å². The zero-order valence-electron chi connectivity index (χ0n) is 18.8. The molecule has 10 nitrogen and oxygen atoms in total. The fourth-order valence-corrected chi connectivity index (χ4v) is 5.38. The number of aryl methyl sites for hydroxylation is 1. The lowest BCUT2D eigenvalue weighted by Crippen LogP contribution is -2.31. The number of carbonyl (C=O) groups is 1. The van der Waals surface area contributed by atoms with Crippen LogP contribution >= 0.6 is 0 Å². The van der Waals surface area contributed by atoms with Gasteiger partial charge < -0.3 is 15.0 Å². The van der Waals surface area contributed by atoms with Crippen molar-refractivity contribution in [3.63, 3.8) is 0 Å². The number of nitrogen functional groups attached to an aromatic ring is 1. The van der Waals surface area contributed by atoms with Crippen LogP contribution in [-0.4, -0.2) is 57.9 Å². The van der Waals surface area contributed by atoms with Crippen molar-refractivity contribution in [1.29, 1.82) is 0 Å². The standard InChI is InChI=1S/C23H28N6O4S/c24-22-21-23(26-16-25-22)28(17-27-21)12-5-15-33-20(30)11-8-18-6-9-19(10-7-18)34(31,32)29-13-3-1-2-4-14-29/h6-11,16-17H,1-5,12-15H2,(H2,24,25,26)/b11-8+. The maximum Gasteiger partial charge on any atom is 0.330 e. The van der Waals surface area contributed by atoms with Gasteiger partial charge in [-0.3, -0.25) is 0 Å². The van der Waals surface area contributed by atoms with E-state index >= 15 is 0 Å². The van der Waals surface area contributed by atoms with E-state index in [2.05, 4.69) is 15.0 Å². The third kappa shape index (κ3) is 5.60. The number of fused-ring (bicyclic) bond motifs is 1. The van der Waals surface area contributed by atoms with Gasteiger partial charge in [-0.05, 0) is 43.0 Å². The minimum absolute atomic E-state index is 0.233. The Labute approximate surface area is 198 Å². The van der Waals surface area contributed by atoms with Gasteiger partial charge in [-0.15, -0.1) is 0 Å². The second-order valence-electron chi connectivity index (χ2n) is 8.11. The molecular weight excluding hydrogens is 456 g/mol. The molecule has 1 aliphatic rings. The summed E-state index contributed by atoms with van der Waals surface area (Å²) in [6.07, 6.45) is 10.5. The monoisotopic (exact) mass is 484 g/mol. The molecule has 3 aromatic rings. The predicted molar refractivity (Wildman–Crippen MR) is 128 cm³/mol. The maximum absolute atomic E-state index is 12.9. The summed E-state index contributed by atoms with van der Waals surface area (Å²) in [5.74, 6) is -0.142. The van der Waals surface area contributed by atoms with Crippen molar-refractivity contribution in [3.05, 3.63) is 48.6 Å². The van der Waals surface area contributed by atoms with Crippen molar-refractivity contribution >= 4 is 39.1 Å². The van der Waals surface area contributed by atoms with E-state index in [-0.39, 0.29) is 11.5 Å². The average Bonchev–Trinajstić information content (AvgIpc) is 3.05. The average molecular weight is 485 g/mol. The van der Waals surface area contributed by atoms with Crippen molar-refractivity contribution < 1.29 is 17.9 Å². The zero-order chi connectivity index (χ0) is 24.0. The summed E-state index contributed by atoms with van der Waals surface area (Å²) in [5, 5.41) is 0. The van der Waals surface area contributed by atoms with Crippen LogP contribution in [0.3, 0.4) is 0 Å². The highest BCUT2D eigenvalue weighted by Crippen LogP contribution is 2.21. The first-order chi connectivity index (χ1) is 16.4. The highest BCUT2D eigenvalue weighted by Gasteiger charge is 2.24. The molecule has 0 spiro atoms. The SMILES string of the molecule is Nc1ncnc2c1ncn2CCCOC(=O)/C=C/c1ccc(S(=O)(=O)N2CCCCCC2)cc1. The van der Waals surface area contributed by atoms with Crippen molar-refractivity contribution in [2.75, 3.05) is 25.4 Å². The molecule has 2 N–H and O–H groups in total. The maximum atomic E-state index is 12.9. The summed E-state index contributed by atoms with van der Waals surface area (Å²) < 4.78 is 34.4. The number of sulfonamides is 1. The highest BCUT2D eigenvalue weighted by molar-refractivity contribution is 7.89. The van der Waals surface area contributed by atoms with Crippen LogP contribution in [0.2, 0.25) is 0 Å². The molecule has 1 fully saturated rings. The number of aromatic nitrogens is 4. The minimum Gasteiger partial charge on any atom is -0.462 e. The highest BCUT2D eigenvalue weighted by atomic mass is 32.2. The lowest BCUT2D eigenvalue weighted by molar-refractivity contribution is -0.137. The molecule has 1 aromatic carbocycles. The van der Waals surface area contributed by atoms with E-state index in [1.54, 1.807) is 41.0 Å². The number of ether oxygens (including phenoxy) is 1. The summed E-state index contributed by atoms with van der Waals surface area (Å²) in [6.45, 7) is 1.93. The fraction of sp³-hybridized carbons (Fsp3) is 0.391. The first-order valence-corrected chi connectivity index (χ1v) is 12.8. The molecule has 0 aliphatic carbocycles. The number of nitrogens with two attached hydrogens (primary N) is 1. The lowest BCUT2D eigenvalue weighted by Gasteiger charge is -2.19. The number of anilines is 1. The molecular formula is C23H28N6O4S. The first-order valence-electron chi connectivity index (χ1n) is 11.3. The van der Waals surface area contributed by atoms with E-state index in [0.29, 0.717) is 48.6 Å². The molecule has 2 aromatic heterocycles. The third-order valence-corrected chi connectivity index (χ3v) is 7.62. The van der Waals surface area contributed by atoms with Gasteiger partial charge in [-0.25, -0.2) is 28.2 Å². The summed E-state index contributed by atoms with van der Waals surface area (Å²) in [7, 11) is -3.49. The summed E-state index contributed by atoms with van der Waals surface area (Å²) in [6, 6.07) is 6.53. The van der Waals surface area contributed by atoms with Gasteiger partial charge in [0.15, 0.2) is 11.5 Å². The predicted octanol–water partition coefficient (Wildman–Crippen LogP) is 2.62. The van der Waals surface area contributed by atoms with Crippen molar-refractivity contribution in [3.8, 4) is 0 Å². The topological polar surface area (TPSA) is 133 Å². The second-order valence-corrected chi connectivity index (χ2v) is 10.0. The number of nitrogens with zero attached hydrogens (tertiary/aromatic N) is 5. The number of hydrogen-bond donors (Lipinski definition) is 1. The van der Waals surface area contributed by atoms with Crippen LogP contribution in [0.5, 0.6) is 0 Å². The van der Waals surface area contributed by atoms with Gasteiger partial charge >= 0.3 is 5.97 Å². The Morgan fingerprint density at radius 3 is 2.53 bits per heavy atom. The van der Waals surface area contributed by atoms with E-state index in [1.165, 1.54) is 12.4 Å². The first kappa shape index (κ1) is 23.8. The lowest BCUT2D eigenvalue weighted by atomic mass is 10.2. The molecule has 34 heavy (non-hydrogen) atoms. The van der Waals surface area contributed by atoms with E-state index in [9.17, 15) is 13.2 Å². The van der Waals surface area contributed by atoms with Gasteiger partial charge in [0.25, 0.3) is 0 Å². The van der Waals surface area contributed by atoms with Crippen LogP contribution in [0.25, 0.3) is 17.2 Å². The molecule has 1 saturated heterocycles. The smallest absolute Gasteiger partial charge is 0.330 e.